The van der Waals surface area contributed by atoms with Gasteiger partial charge in [0.15, 0.2) is 0 Å². The molecule has 32 heavy (non-hydrogen) atoms. The van der Waals surface area contributed by atoms with Crippen molar-refractivity contribution in [3.05, 3.63) is 71.3 Å². The standard InChI is InChI=1S/C28H39N3O/c1-4-18-30-21-27-26(23-10-8-7-9-11-23)17-16-25(30)20-31(27)19-22-12-14-24(15-13-22)28(32)29(5-2)6-3/h7-15,25-27H,4-6,16-21H2,1-3H3/t25-,26+,27+/m0/s1. The summed E-state index contributed by atoms with van der Waals surface area (Å²) in [6.45, 7) is 12.4. The van der Waals surface area contributed by atoms with Crippen molar-refractivity contribution in [2.24, 2.45) is 0 Å². The Hall–Kier alpha value is -2.17. The van der Waals surface area contributed by atoms with E-state index in [-0.39, 0.29) is 5.91 Å². The van der Waals surface area contributed by atoms with Gasteiger partial charge in [0.05, 0.1) is 0 Å². The Bertz CT molecular complexity index is 862. The van der Waals surface area contributed by atoms with E-state index in [9.17, 15) is 4.79 Å². The molecule has 0 unspecified atom stereocenters. The normalized spacial score (nSPS) is 23.8. The highest BCUT2D eigenvalue weighted by atomic mass is 16.2. The summed E-state index contributed by atoms with van der Waals surface area (Å²) in [5, 5.41) is 0. The minimum Gasteiger partial charge on any atom is -0.339 e. The van der Waals surface area contributed by atoms with E-state index in [1.54, 1.807) is 0 Å². The van der Waals surface area contributed by atoms with E-state index in [2.05, 4.69) is 59.2 Å². The van der Waals surface area contributed by atoms with Gasteiger partial charge in [-0.1, -0.05) is 49.4 Å². The number of carbonyl (C=O) groups excluding carboxylic acids is 1. The summed E-state index contributed by atoms with van der Waals surface area (Å²) in [5.74, 6) is 0.723. The molecule has 0 aliphatic carbocycles. The topological polar surface area (TPSA) is 26.8 Å². The van der Waals surface area contributed by atoms with Crippen LogP contribution in [0.5, 0.6) is 0 Å². The number of amides is 1. The van der Waals surface area contributed by atoms with E-state index < -0.39 is 0 Å². The molecule has 3 atom stereocenters. The minimum atomic E-state index is 0.134. The number of benzene rings is 2. The summed E-state index contributed by atoms with van der Waals surface area (Å²) in [4.78, 5) is 20.0. The van der Waals surface area contributed by atoms with Gasteiger partial charge in [-0.3, -0.25) is 14.6 Å². The van der Waals surface area contributed by atoms with Gasteiger partial charge in [0, 0.05) is 56.3 Å². The van der Waals surface area contributed by atoms with Crippen molar-refractivity contribution in [2.45, 2.75) is 64.6 Å². The highest BCUT2D eigenvalue weighted by molar-refractivity contribution is 5.94. The van der Waals surface area contributed by atoms with E-state index in [0.29, 0.717) is 18.0 Å². The number of nitrogens with zero attached hydrogens (tertiary/aromatic N) is 3. The Morgan fingerprint density at radius 1 is 0.906 bits per heavy atom. The third kappa shape index (κ3) is 4.92. The molecular weight excluding hydrogens is 394 g/mol. The fourth-order valence-corrected chi connectivity index (χ4v) is 5.76. The Balaban J connectivity index is 1.53. The second-order valence-corrected chi connectivity index (χ2v) is 9.41. The van der Waals surface area contributed by atoms with E-state index in [4.69, 9.17) is 0 Å². The number of hydrogen-bond acceptors (Lipinski definition) is 3. The quantitative estimate of drug-likeness (QED) is 0.585. The van der Waals surface area contributed by atoms with Crippen molar-refractivity contribution in [1.29, 1.82) is 0 Å². The molecule has 172 valence electrons. The second kappa shape index (κ2) is 10.6. The zero-order chi connectivity index (χ0) is 22.5. The Morgan fingerprint density at radius 3 is 2.28 bits per heavy atom. The molecule has 5 rings (SSSR count). The van der Waals surface area contributed by atoms with Crippen molar-refractivity contribution in [3.8, 4) is 0 Å². The van der Waals surface area contributed by atoms with Crippen molar-refractivity contribution in [2.75, 3.05) is 32.7 Å². The first-order chi connectivity index (χ1) is 15.6. The highest BCUT2D eigenvalue weighted by Crippen LogP contribution is 2.38. The molecule has 3 aliphatic rings. The van der Waals surface area contributed by atoms with Crippen LogP contribution in [0.3, 0.4) is 0 Å². The molecule has 3 aliphatic heterocycles. The molecule has 0 saturated carbocycles. The van der Waals surface area contributed by atoms with Gasteiger partial charge in [-0.2, -0.15) is 0 Å². The van der Waals surface area contributed by atoms with Crippen LogP contribution in [0.1, 0.15) is 67.4 Å². The third-order valence-electron chi connectivity index (χ3n) is 7.50. The number of rotatable bonds is 8. The number of fused-ring (bicyclic) bond motifs is 4. The maximum absolute atomic E-state index is 12.7. The molecule has 0 N–H and O–H groups in total. The summed E-state index contributed by atoms with van der Waals surface area (Å²) in [5.41, 5.74) is 3.59. The van der Waals surface area contributed by atoms with E-state index >= 15 is 0 Å². The molecule has 2 aromatic rings. The number of hydrogen-bond donors (Lipinski definition) is 0. The summed E-state index contributed by atoms with van der Waals surface area (Å²) in [7, 11) is 0. The summed E-state index contributed by atoms with van der Waals surface area (Å²) >= 11 is 0. The van der Waals surface area contributed by atoms with Crippen molar-refractivity contribution in [1.82, 2.24) is 14.7 Å². The van der Waals surface area contributed by atoms with Gasteiger partial charge in [-0.15, -0.1) is 0 Å². The van der Waals surface area contributed by atoms with E-state index in [0.717, 1.165) is 38.3 Å². The van der Waals surface area contributed by atoms with Gasteiger partial charge in [-0.05, 0) is 62.9 Å². The van der Waals surface area contributed by atoms with Crippen LogP contribution in [0.2, 0.25) is 0 Å². The highest BCUT2D eigenvalue weighted by Gasteiger charge is 2.41. The maximum atomic E-state index is 12.7. The smallest absolute Gasteiger partial charge is 0.253 e. The molecular formula is C28H39N3O. The first kappa shape index (κ1) is 23.0. The first-order valence-corrected chi connectivity index (χ1v) is 12.6. The van der Waals surface area contributed by atoms with Crippen LogP contribution < -0.4 is 0 Å². The largest absolute Gasteiger partial charge is 0.339 e. The third-order valence-corrected chi connectivity index (χ3v) is 7.50. The van der Waals surface area contributed by atoms with E-state index in [1.807, 2.05) is 30.9 Å². The molecule has 0 radical (unpaired) electrons. The predicted octanol–water partition coefficient (Wildman–Crippen LogP) is 5.01. The van der Waals surface area contributed by atoms with Crippen molar-refractivity contribution >= 4 is 5.91 Å². The number of piperazine rings is 1. The number of carbonyl (C=O) groups is 1. The van der Waals surface area contributed by atoms with Crippen LogP contribution in [-0.4, -0.2) is 65.4 Å². The molecule has 1 amide bonds. The lowest BCUT2D eigenvalue weighted by atomic mass is 9.88. The maximum Gasteiger partial charge on any atom is 0.253 e. The minimum absolute atomic E-state index is 0.134. The van der Waals surface area contributed by atoms with E-state index in [1.165, 1.54) is 36.9 Å². The lowest BCUT2D eigenvalue weighted by Crippen LogP contribution is -2.57. The van der Waals surface area contributed by atoms with Gasteiger partial charge in [-0.25, -0.2) is 0 Å². The van der Waals surface area contributed by atoms with Crippen LogP contribution in [0.15, 0.2) is 54.6 Å². The van der Waals surface area contributed by atoms with Gasteiger partial charge >= 0.3 is 0 Å². The van der Waals surface area contributed by atoms with Gasteiger partial charge in [0.1, 0.15) is 0 Å². The molecule has 0 aromatic heterocycles. The SMILES string of the molecule is CCCN1C[C@@H]2[C@@H](c3ccccc3)CC[C@H]1CN2Cc1ccc(C(=O)N(CC)CC)cc1. The summed E-state index contributed by atoms with van der Waals surface area (Å²) in [6, 6.07) is 20.7. The van der Waals surface area contributed by atoms with Crippen molar-refractivity contribution < 1.29 is 4.79 Å². The van der Waals surface area contributed by atoms with Crippen molar-refractivity contribution in [3.63, 3.8) is 0 Å². The monoisotopic (exact) mass is 433 g/mol. The average molecular weight is 434 g/mol. The molecule has 4 heteroatoms. The molecule has 3 saturated heterocycles. The van der Waals surface area contributed by atoms with Crippen LogP contribution in [0, 0.1) is 0 Å². The molecule has 4 nitrogen and oxygen atoms in total. The summed E-state index contributed by atoms with van der Waals surface area (Å²) < 4.78 is 0. The van der Waals surface area contributed by atoms with Crippen LogP contribution in [0.4, 0.5) is 0 Å². The molecule has 3 fully saturated rings. The zero-order valence-electron chi connectivity index (χ0n) is 20.0. The Labute approximate surface area is 194 Å². The second-order valence-electron chi connectivity index (χ2n) is 9.41. The van der Waals surface area contributed by atoms with Crippen LogP contribution in [-0.2, 0) is 6.54 Å². The summed E-state index contributed by atoms with van der Waals surface area (Å²) in [6.07, 6.45) is 3.78. The van der Waals surface area contributed by atoms with Gasteiger partial charge < -0.3 is 4.90 Å². The van der Waals surface area contributed by atoms with Gasteiger partial charge in [0.2, 0.25) is 0 Å². The zero-order valence-corrected chi connectivity index (χ0v) is 20.0. The molecule has 2 bridgehead atoms. The first-order valence-electron chi connectivity index (χ1n) is 12.6. The lowest BCUT2D eigenvalue weighted by Gasteiger charge is -2.45. The predicted molar refractivity (Wildman–Crippen MR) is 132 cm³/mol. The van der Waals surface area contributed by atoms with Crippen LogP contribution >= 0.6 is 0 Å². The molecule has 0 spiro atoms. The molecule has 3 heterocycles. The van der Waals surface area contributed by atoms with Crippen LogP contribution in [0.25, 0.3) is 0 Å². The fourth-order valence-electron chi connectivity index (χ4n) is 5.76. The fraction of sp³-hybridized carbons (Fsp3) is 0.536. The lowest BCUT2D eigenvalue weighted by molar-refractivity contribution is 0.0322. The Morgan fingerprint density at radius 2 is 1.62 bits per heavy atom. The molecule has 2 aromatic carbocycles. The Kier molecular flexibility index (Phi) is 7.64. The van der Waals surface area contributed by atoms with Gasteiger partial charge in [0.25, 0.3) is 5.91 Å². The average Bonchev–Trinajstić information content (AvgIpc) is 3.11.